The number of hydrogen-bond acceptors (Lipinski definition) is 3. The van der Waals surface area contributed by atoms with Gasteiger partial charge in [-0.3, -0.25) is 4.79 Å². The fourth-order valence-electron chi connectivity index (χ4n) is 2.02. The van der Waals surface area contributed by atoms with E-state index in [-0.39, 0.29) is 5.91 Å². The number of carbonyl (C=O) groups excluding carboxylic acids is 1. The van der Waals surface area contributed by atoms with E-state index in [4.69, 9.17) is 5.73 Å². The first-order chi connectivity index (χ1) is 7.09. The molecule has 1 saturated heterocycles. The van der Waals surface area contributed by atoms with Gasteiger partial charge in [0.05, 0.1) is 0 Å². The van der Waals surface area contributed by atoms with E-state index in [2.05, 4.69) is 24.1 Å². The molecule has 1 aliphatic heterocycles. The lowest BCUT2D eigenvalue weighted by molar-refractivity contribution is -0.117. The maximum Gasteiger partial charge on any atom is 0.218 e. The van der Waals surface area contributed by atoms with Gasteiger partial charge in [-0.1, -0.05) is 0 Å². The van der Waals surface area contributed by atoms with Gasteiger partial charge in [-0.25, -0.2) is 0 Å². The number of hydrogen-bond donors (Lipinski definition) is 2. The van der Waals surface area contributed by atoms with Crippen molar-refractivity contribution in [2.75, 3.05) is 26.2 Å². The Hall–Kier alpha value is -0.610. The number of rotatable bonds is 6. The molecule has 1 fully saturated rings. The predicted molar refractivity (Wildman–Crippen MR) is 61.5 cm³/mol. The Labute approximate surface area is 92.2 Å². The second-order valence-corrected chi connectivity index (χ2v) is 4.66. The van der Waals surface area contributed by atoms with Gasteiger partial charge in [-0.2, -0.15) is 0 Å². The van der Waals surface area contributed by atoms with Crippen LogP contribution in [0.2, 0.25) is 0 Å². The molecule has 1 rings (SSSR count). The molecule has 0 aromatic heterocycles. The van der Waals surface area contributed by atoms with Crippen molar-refractivity contribution >= 4 is 5.91 Å². The topological polar surface area (TPSA) is 58.4 Å². The summed E-state index contributed by atoms with van der Waals surface area (Å²) in [6, 6.07) is 0.653. The average molecular weight is 213 g/mol. The van der Waals surface area contributed by atoms with Crippen molar-refractivity contribution in [1.29, 1.82) is 0 Å². The van der Waals surface area contributed by atoms with Crippen LogP contribution in [-0.2, 0) is 4.79 Å². The van der Waals surface area contributed by atoms with Crippen LogP contribution in [0.4, 0.5) is 0 Å². The molecular weight excluding hydrogens is 190 g/mol. The Morgan fingerprint density at radius 2 is 2.33 bits per heavy atom. The summed E-state index contributed by atoms with van der Waals surface area (Å²) >= 11 is 0. The number of amides is 1. The summed E-state index contributed by atoms with van der Waals surface area (Å²) in [6.45, 7) is 8.59. The molecule has 0 aliphatic carbocycles. The minimum atomic E-state index is -0.224. The van der Waals surface area contributed by atoms with E-state index in [9.17, 15) is 4.79 Å². The third kappa shape index (κ3) is 4.62. The van der Waals surface area contributed by atoms with Gasteiger partial charge in [-0.05, 0) is 39.3 Å². The largest absolute Gasteiger partial charge is 0.370 e. The number of nitrogens with two attached hydrogens (primary N) is 1. The summed E-state index contributed by atoms with van der Waals surface area (Å²) in [4.78, 5) is 13.0. The van der Waals surface area contributed by atoms with Crippen molar-refractivity contribution in [3.05, 3.63) is 0 Å². The third-order valence-electron chi connectivity index (χ3n) is 3.03. The molecule has 0 radical (unpaired) electrons. The van der Waals surface area contributed by atoms with Crippen LogP contribution in [0.5, 0.6) is 0 Å². The number of nitrogens with zero attached hydrogens (tertiary/aromatic N) is 1. The molecule has 1 aliphatic rings. The molecule has 0 bridgehead atoms. The predicted octanol–water partition coefficient (Wildman–Crippen LogP) is 0.182. The van der Waals surface area contributed by atoms with Crippen LogP contribution in [-0.4, -0.2) is 43.0 Å². The van der Waals surface area contributed by atoms with Crippen molar-refractivity contribution in [1.82, 2.24) is 10.2 Å². The Balaban J connectivity index is 2.06. The summed E-state index contributed by atoms with van der Waals surface area (Å²) in [7, 11) is 0. The van der Waals surface area contributed by atoms with Crippen molar-refractivity contribution < 1.29 is 4.79 Å². The molecule has 4 heteroatoms. The standard InChI is InChI=1S/C11H23N3O/c1-9(2)14-6-4-10(8-14)7-13-5-3-11(12)15/h9-10,13H,3-8H2,1-2H3,(H2,12,15). The summed E-state index contributed by atoms with van der Waals surface area (Å²) in [5, 5.41) is 3.29. The summed E-state index contributed by atoms with van der Waals surface area (Å²) < 4.78 is 0. The zero-order valence-corrected chi connectivity index (χ0v) is 9.83. The van der Waals surface area contributed by atoms with Crippen LogP contribution in [0.25, 0.3) is 0 Å². The van der Waals surface area contributed by atoms with E-state index in [1.165, 1.54) is 19.5 Å². The van der Waals surface area contributed by atoms with Crippen LogP contribution in [0.15, 0.2) is 0 Å². The SMILES string of the molecule is CC(C)N1CCC(CNCCC(N)=O)C1. The highest BCUT2D eigenvalue weighted by Crippen LogP contribution is 2.17. The Morgan fingerprint density at radius 1 is 1.60 bits per heavy atom. The Bertz CT molecular complexity index is 206. The normalized spacial score (nSPS) is 22.5. The van der Waals surface area contributed by atoms with Crippen molar-refractivity contribution in [3.63, 3.8) is 0 Å². The molecule has 0 saturated carbocycles. The highest BCUT2D eigenvalue weighted by atomic mass is 16.1. The monoisotopic (exact) mass is 213 g/mol. The van der Waals surface area contributed by atoms with E-state index in [1.54, 1.807) is 0 Å². The van der Waals surface area contributed by atoms with E-state index >= 15 is 0 Å². The van der Waals surface area contributed by atoms with Gasteiger partial charge < -0.3 is 16.0 Å². The fraction of sp³-hybridized carbons (Fsp3) is 0.909. The van der Waals surface area contributed by atoms with Crippen LogP contribution in [0.1, 0.15) is 26.7 Å². The second kappa shape index (κ2) is 6.08. The molecule has 0 aromatic carbocycles. The lowest BCUT2D eigenvalue weighted by atomic mass is 10.1. The molecule has 1 amide bonds. The summed E-state index contributed by atoms with van der Waals surface area (Å²) in [5.74, 6) is 0.512. The lowest BCUT2D eigenvalue weighted by Crippen LogP contribution is -2.31. The first kappa shape index (κ1) is 12.5. The minimum Gasteiger partial charge on any atom is -0.370 e. The average Bonchev–Trinajstić information content (AvgIpc) is 2.60. The quantitative estimate of drug-likeness (QED) is 0.619. The summed E-state index contributed by atoms with van der Waals surface area (Å²) in [5.41, 5.74) is 5.06. The highest BCUT2D eigenvalue weighted by molar-refractivity contribution is 5.73. The molecule has 4 nitrogen and oxygen atoms in total. The van der Waals surface area contributed by atoms with Gasteiger partial charge in [0.1, 0.15) is 0 Å². The first-order valence-corrected chi connectivity index (χ1v) is 5.82. The van der Waals surface area contributed by atoms with E-state index < -0.39 is 0 Å². The van der Waals surface area contributed by atoms with Gasteiger partial charge in [-0.15, -0.1) is 0 Å². The number of likely N-dealkylation sites (tertiary alicyclic amines) is 1. The zero-order valence-electron chi connectivity index (χ0n) is 9.83. The fourth-order valence-corrected chi connectivity index (χ4v) is 2.02. The minimum absolute atomic E-state index is 0.224. The lowest BCUT2D eigenvalue weighted by Gasteiger charge is -2.20. The molecule has 1 unspecified atom stereocenters. The van der Waals surface area contributed by atoms with Gasteiger partial charge in [0.2, 0.25) is 5.91 Å². The molecule has 3 N–H and O–H groups in total. The van der Waals surface area contributed by atoms with Crippen LogP contribution >= 0.6 is 0 Å². The molecule has 88 valence electrons. The van der Waals surface area contributed by atoms with Crippen molar-refractivity contribution in [2.24, 2.45) is 11.7 Å². The van der Waals surface area contributed by atoms with Gasteiger partial charge in [0.25, 0.3) is 0 Å². The highest BCUT2D eigenvalue weighted by Gasteiger charge is 2.23. The molecule has 0 spiro atoms. The molecule has 1 heterocycles. The number of primary amides is 1. The van der Waals surface area contributed by atoms with E-state index in [0.717, 1.165) is 12.5 Å². The van der Waals surface area contributed by atoms with Crippen LogP contribution < -0.4 is 11.1 Å². The van der Waals surface area contributed by atoms with Crippen molar-refractivity contribution in [2.45, 2.75) is 32.7 Å². The zero-order chi connectivity index (χ0) is 11.3. The van der Waals surface area contributed by atoms with Crippen LogP contribution in [0.3, 0.4) is 0 Å². The molecule has 15 heavy (non-hydrogen) atoms. The maximum absolute atomic E-state index is 10.5. The maximum atomic E-state index is 10.5. The number of nitrogens with one attached hydrogen (secondary N) is 1. The van der Waals surface area contributed by atoms with E-state index in [1.807, 2.05) is 0 Å². The molecule has 0 aromatic rings. The van der Waals surface area contributed by atoms with Gasteiger partial charge >= 0.3 is 0 Å². The summed E-state index contributed by atoms with van der Waals surface area (Å²) in [6.07, 6.45) is 1.71. The number of carbonyl (C=O) groups is 1. The Morgan fingerprint density at radius 3 is 2.87 bits per heavy atom. The smallest absolute Gasteiger partial charge is 0.218 e. The van der Waals surface area contributed by atoms with Gasteiger partial charge in [0, 0.05) is 25.6 Å². The second-order valence-electron chi connectivity index (χ2n) is 4.66. The van der Waals surface area contributed by atoms with Crippen molar-refractivity contribution in [3.8, 4) is 0 Å². The van der Waals surface area contributed by atoms with Gasteiger partial charge in [0.15, 0.2) is 0 Å². The molecule has 1 atom stereocenters. The van der Waals surface area contributed by atoms with E-state index in [0.29, 0.717) is 19.0 Å². The third-order valence-corrected chi connectivity index (χ3v) is 3.03. The molecular formula is C11H23N3O. The first-order valence-electron chi connectivity index (χ1n) is 5.82. The Kier molecular flexibility index (Phi) is 5.05. The van der Waals surface area contributed by atoms with Crippen LogP contribution in [0, 0.1) is 5.92 Å².